The summed E-state index contributed by atoms with van der Waals surface area (Å²) in [6.45, 7) is 11.9. The maximum Gasteiger partial charge on any atom is 0.306 e. The van der Waals surface area contributed by atoms with E-state index in [2.05, 4.69) is 34.6 Å². The molecule has 0 radical (unpaired) electrons. The highest BCUT2D eigenvalue weighted by Crippen LogP contribution is 2.70. The van der Waals surface area contributed by atoms with Gasteiger partial charge in [0.15, 0.2) is 0 Å². The zero-order valence-corrected chi connectivity index (χ0v) is 22.2. The molecule has 0 heterocycles. The molecule has 0 aromatic carbocycles. The van der Waals surface area contributed by atoms with Crippen LogP contribution in [0.3, 0.4) is 0 Å². The molecule has 0 aliphatic heterocycles. The fraction of sp³-hybridized carbons (Fsp3) is 0.933. The molecule has 0 saturated heterocycles. The number of ether oxygens (including phenoxy) is 1. The lowest BCUT2D eigenvalue weighted by Crippen LogP contribution is -2.59. The molecular formula is C30H50O3. The number of ketones is 1. The van der Waals surface area contributed by atoms with Gasteiger partial charge in [-0.15, -0.1) is 0 Å². The van der Waals surface area contributed by atoms with E-state index in [9.17, 15) is 9.59 Å². The van der Waals surface area contributed by atoms with Crippen molar-refractivity contribution in [2.75, 3.05) is 0 Å². The van der Waals surface area contributed by atoms with E-state index < -0.39 is 0 Å². The van der Waals surface area contributed by atoms with Crippen LogP contribution in [0.1, 0.15) is 131 Å². The zero-order chi connectivity index (χ0) is 23.9. The van der Waals surface area contributed by atoms with Crippen LogP contribution in [0.4, 0.5) is 0 Å². The lowest BCUT2D eigenvalue weighted by Gasteiger charge is -2.63. The lowest BCUT2D eigenvalue weighted by molar-refractivity contribution is -0.194. The number of unbranched alkanes of at least 4 members (excludes halogenated alkanes) is 3. The number of hydrogen-bond acceptors (Lipinski definition) is 3. The predicted molar refractivity (Wildman–Crippen MR) is 134 cm³/mol. The van der Waals surface area contributed by atoms with Crippen molar-refractivity contribution in [2.24, 2.45) is 40.4 Å². The summed E-state index contributed by atoms with van der Waals surface area (Å²) < 4.78 is 6.56. The van der Waals surface area contributed by atoms with Crippen LogP contribution in [0, 0.1) is 40.4 Å². The highest BCUT2D eigenvalue weighted by atomic mass is 16.6. The van der Waals surface area contributed by atoms with Gasteiger partial charge in [-0.2, -0.15) is 0 Å². The van der Waals surface area contributed by atoms with Crippen LogP contribution in [0.2, 0.25) is 0 Å². The van der Waals surface area contributed by atoms with Gasteiger partial charge in [0.05, 0.1) is 0 Å². The Kier molecular flexibility index (Phi) is 7.38. The first-order chi connectivity index (χ1) is 15.7. The molecule has 3 nitrogen and oxygen atoms in total. The summed E-state index contributed by atoms with van der Waals surface area (Å²) in [7, 11) is 0. The van der Waals surface area contributed by atoms with Gasteiger partial charge < -0.3 is 4.74 Å². The SMILES string of the molecule is CCCCCCC(=O)O[C@@]1(CCC)CC[C@H]2[C@@H]3CC[C@H]4CC(=O)C[C@H](C)[C@]4(C)[C@H]3CC[C@@]21C. The van der Waals surface area contributed by atoms with Crippen molar-refractivity contribution in [2.45, 2.75) is 137 Å². The molecule has 0 spiro atoms. The molecule has 0 N–H and O–H groups in total. The van der Waals surface area contributed by atoms with Crippen molar-refractivity contribution in [3.8, 4) is 0 Å². The van der Waals surface area contributed by atoms with Crippen LogP contribution >= 0.6 is 0 Å². The molecule has 0 aromatic rings. The summed E-state index contributed by atoms with van der Waals surface area (Å²) in [6.07, 6.45) is 16.0. The second-order valence-corrected chi connectivity index (χ2v) is 12.9. The standard InChI is InChI=1S/C30H50O3/c1-6-8-9-10-11-27(32)33-30(16-7-2)18-15-25-24-13-12-22-20-23(31)19-21(3)29(22,5)26(24)14-17-28(25,30)4/h21-22,24-26H,6-20H2,1-5H3/t21-,22-,24-,25-,26-,28-,29-,30-/m0/s1. The van der Waals surface area contributed by atoms with E-state index in [1.807, 2.05) is 0 Å². The average Bonchev–Trinajstić information content (AvgIpc) is 3.05. The van der Waals surface area contributed by atoms with E-state index in [0.717, 1.165) is 56.8 Å². The lowest BCUT2D eigenvalue weighted by atomic mass is 9.42. The number of Topliss-reactive ketones (excluding diaryl/α,β-unsaturated/α-hetero) is 1. The van der Waals surface area contributed by atoms with Crippen LogP contribution in [-0.2, 0) is 14.3 Å². The molecular weight excluding hydrogens is 408 g/mol. The minimum absolute atomic E-state index is 0.0543. The van der Waals surface area contributed by atoms with Crippen LogP contribution in [0.25, 0.3) is 0 Å². The molecule has 4 fully saturated rings. The van der Waals surface area contributed by atoms with Gasteiger partial charge in [0.25, 0.3) is 0 Å². The number of fused-ring (bicyclic) bond motifs is 5. The quantitative estimate of drug-likeness (QED) is 0.274. The third kappa shape index (κ3) is 4.12. The maximum absolute atomic E-state index is 13.0. The van der Waals surface area contributed by atoms with Crippen LogP contribution in [0.5, 0.6) is 0 Å². The van der Waals surface area contributed by atoms with Crippen LogP contribution < -0.4 is 0 Å². The normalized spacial score (nSPS) is 44.6. The Bertz CT molecular complexity index is 730. The Morgan fingerprint density at radius 2 is 1.70 bits per heavy atom. The van der Waals surface area contributed by atoms with Crippen molar-refractivity contribution in [1.29, 1.82) is 0 Å². The second kappa shape index (κ2) is 9.65. The Hall–Kier alpha value is -0.860. The van der Waals surface area contributed by atoms with E-state index in [0.29, 0.717) is 35.4 Å². The molecule has 4 aliphatic carbocycles. The first-order valence-electron chi connectivity index (χ1n) is 14.5. The zero-order valence-electron chi connectivity index (χ0n) is 22.2. The van der Waals surface area contributed by atoms with Crippen LogP contribution in [-0.4, -0.2) is 17.4 Å². The van der Waals surface area contributed by atoms with E-state index in [-0.39, 0.29) is 17.0 Å². The van der Waals surface area contributed by atoms with Gasteiger partial charge in [0.2, 0.25) is 0 Å². The largest absolute Gasteiger partial charge is 0.458 e. The number of carbonyl (C=O) groups is 2. The highest BCUT2D eigenvalue weighted by molar-refractivity contribution is 5.80. The smallest absolute Gasteiger partial charge is 0.306 e. The van der Waals surface area contributed by atoms with E-state index in [1.54, 1.807) is 0 Å². The minimum atomic E-state index is -0.259. The van der Waals surface area contributed by atoms with Gasteiger partial charge in [-0.3, -0.25) is 9.59 Å². The van der Waals surface area contributed by atoms with Gasteiger partial charge >= 0.3 is 5.97 Å². The molecule has 8 atom stereocenters. The molecule has 188 valence electrons. The molecule has 0 amide bonds. The van der Waals surface area contributed by atoms with Crippen molar-refractivity contribution in [3.63, 3.8) is 0 Å². The minimum Gasteiger partial charge on any atom is -0.458 e. The molecule has 33 heavy (non-hydrogen) atoms. The Morgan fingerprint density at radius 1 is 0.939 bits per heavy atom. The number of hydrogen-bond donors (Lipinski definition) is 0. The number of esters is 1. The van der Waals surface area contributed by atoms with Crippen molar-refractivity contribution in [3.05, 3.63) is 0 Å². The topological polar surface area (TPSA) is 43.4 Å². The first-order valence-corrected chi connectivity index (χ1v) is 14.5. The van der Waals surface area contributed by atoms with Gasteiger partial charge in [0, 0.05) is 24.7 Å². The van der Waals surface area contributed by atoms with Gasteiger partial charge in [-0.25, -0.2) is 0 Å². The van der Waals surface area contributed by atoms with E-state index in [4.69, 9.17) is 4.74 Å². The Labute approximate surface area is 203 Å². The third-order valence-electron chi connectivity index (χ3n) is 11.5. The van der Waals surface area contributed by atoms with Gasteiger partial charge in [-0.1, -0.05) is 60.3 Å². The molecule has 4 rings (SSSR count). The third-order valence-corrected chi connectivity index (χ3v) is 11.5. The van der Waals surface area contributed by atoms with E-state index in [1.165, 1.54) is 44.9 Å². The maximum atomic E-state index is 13.0. The Morgan fingerprint density at radius 3 is 2.42 bits per heavy atom. The summed E-state index contributed by atoms with van der Waals surface area (Å²) in [6, 6.07) is 0. The number of rotatable bonds is 8. The molecule has 4 saturated carbocycles. The molecule has 0 bridgehead atoms. The van der Waals surface area contributed by atoms with Crippen LogP contribution in [0.15, 0.2) is 0 Å². The van der Waals surface area contributed by atoms with E-state index >= 15 is 0 Å². The first kappa shape index (κ1) is 25.2. The fourth-order valence-electron chi connectivity index (χ4n) is 9.57. The fourth-order valence-corrected chi connectivity index (χ4v) is 9.57. The molecule has 0 unspecified atom stereocenters. The summed E-state index contributed by atoms with van der Waals surface area (Å²) in [5.74, 6) is 3.78. The number of carbonyl (C=O) groups excluding carboxylic acids is 2. The highest BCUT2D eigenvalue weighted by Gasteiger charge is 2.66. The summed E-state index contributed by atoms with van der Waals surface area (Å²) in [5.41, 5.74) is 0.162. The summed E-state index contributed by atoms with van der Waals surface area (Å²) in [4.78, 5) is 25.4. The van der Waals surface area contributed by atoms with Crippen molar-refractivity contribution >= 4 is 11.8 Å². The van der Waals surface area contributed by atoms with Gasteiger partial charge in [0.1, 0.15) is 11.4 Å². The van der Waals surface area contributed by atoms with Crippen molar-refractivity contribution < 1.29 is 14.3 Å². The summed E-state index contributed by atoms with van der Waals surface area (Å²) >= 11 is 0. The molecule has 4 aliphatic rings. The summed E-state index contributed by atoms with van der Waals surface area (Å²) in [5, 5.41) is 0. The molecule has 3 heteroatoms. The predicted octanol–water partition coefficient (Wildman–Crippen LogP) is 7.90. The van der Waals surface area contributed by atoms with Gasteiger partial charge in [-0.05, 0) is 86.4 Å². The monoisotopic (exact) mass is 458 g/mol. The second-order valence-electron chi connectivity index (χ2n) is 12.9. The average molecular weight is 459 g/mol. The van der Waals surface area contributed by atoms with Crippen molar-refractivity contribution in [1.82, 2.24) is 0 Å². The molecule has 0 aromatic heterocycles. The Balaban J connectivity index is 1.54.